The molecular formula is C18H19Br2N. The van der Waals surface area contributed by atoms with Gasteiger partial charge in [-0.15, -0.1) is 0 Å². The van der Waals surface area contributed by atoms with Gasteiger partial charge in [0.15, 0.2) is 0 Å². The first-order chi connectivity index (χ1) is 10.1. The van der Waals surface area contributed by atoms with E-state index in [0.29, 0.717) is 11.8 Å². The van der Waals surface area contributed by atoms with Crippen LogP contribution in [0.25, 0.3) is 0 Å². The largest absolute Gasteiger partial charge is 0.316 e. The average molecular weight is 409 g/mol. The number of halogens is 2. The van der Waals surface area contributed by atoms with Crippen molar-refractivity contribution in [2.75, 3.05) is 13.1 Å². The van der Waals surface area contributed by atoms with Crippen LogP contribution in [-0.2, 0) is 0 Å². The lowest BCUT2D eigenvalue weighted by molar-refractivity contribution is 0.404. The van der Waals surface area contributed by atoms with Gasteiger partial charge >= 0.3 is 0 Å². The van der Waals surface area contributed by atoms with Crippen LogP contribution >= 0.6 is 31.9 Å². The number of piperidine rings is 1. The van der Waals surface area contributed by atoms with Crippen LogP contribution in [-0.4, -0.2) is 13.1 Å². The van der Waals surface area contributed by atoms with Crippen molar-refractivity contribution in [2.45, 2.75) is 25.2 Å². The van der Waals surface area contributed by atoms with Crippen LogP contribution < -0.4 is 5.32 Å². The van der Waals surface area contributed by atoms with Gasteiger partial charge in [0, 0.05) is 21.4 Å². The molecule has 0 radical (unpaired) electrons. The topological polar surface area (TPSA) is 12.0 Å². The Morgan fingerprint density at radius 1 is 0.905 bits per heavy atom. The summed E-state index contributed by atoms with van der Waals surface area (Å²) in [5, 5.41) is 3.55. The van der Waals surface area contributed by atoms with E-state index in [0.717, 1.165) is 22.0 Å². The number of hydrogen-bond acceptors (Lipinski definition) is 1. The summed E-state index contributed by atoms with van der Waals surface area (Å²) in [7, 11) is 0. The third kappa shape index (κ3) is 3.41. The predicted molar refractivity (Wildman–Crippen MR) is 96.0 cm³/mol. The van der Waals surface area contributed by atoms with Crippen molar-refractivity contribution in [1.29, 1.82) is 0 Å². The molecule has 1 saturated heterocycles. The maximum Gasteiger partial charge on any atom is 0.0320 e. The highest BCUT2D eigenvalue weighted by Gasteiger charge is 2.27. The van der Waals surface area contributed by atoms with Crippen LogP contribution in [0, 0.1) is 6.92 Å². The maximum absolute atomic E-state index is 3.64. The van der Waals surface area contributed by atoms with Crippen LogP contribution in [0.15, 0.2) is 51.4 Å². The molecule has 1 aliphatic rings. The van der Waals surface area contributed by atoms with Crippen molar-refractivity contribution in [3.8, 4) is 0 Å². The van der Waals surface area contributed by atoms with Gasteiger partial charge in [-0.25, -0.2) is 0 Å². The fourth-order valence-corrected chi connectivity index (χ4v) is 3.81. The summed E-state index contributed by atoms with van der Waals surface area (Å²) in [5.41, 5.74) is 4.19. The molecule has 0 spiro atoms. The molecule has 0 saturated carbocycles. The van der Waals surface area contributed by atoms with E-state index in [4.69, 9.17) is 0 Å². The first kappa shape index (κ1) is 15.3. The molecule has 1 nitrogen and oxygen atoms in total. The molecule has 110 valence electrons. The molecule has 2 unspecified atom stereocenters. The number of rotatable bonds is 2. The van der Waals surface area contributed by atoms with Crippen LogP contribution in [0.5, 0.6) is 0 Å². The smallest absolute Gasteiger partial charge is 0.0320 e. The van der Waals surface area contributed by atoms with E-state index in [-0.39, 0.29) is 0 Å². The summed E-state index contributed by atoms with van der Waals surface area (Å²) in [5.74, 6) is 1.13. The minimum absolute atomic E-state index is 0.549. The average Bonchev–Trinajstić information content (AvgIpc) is 2.51. The van der Waals surface area contributed by atoms with E-state index in [1.165, 1.54) is 23.1 Å². The molecule has 2 aromatic carbocycles. The Morgan fingerprint density at radius 3 is 2.33 bits per heavy atom. The quantitative estimate of drug-likeness (QED) is 0.703. The molecule has 21 heavy (non-hydrogen) atoms. The fourth-order valence-electron chi connectivity index (χ4n) is 3.16. The maximum atomic E-state index is 3.64. The Morgan fingerprint density at radius 2 is 1.62 bits per heavy atom. The highest BCUT2D eigenvalue weighted by atomic mass is 79.9. The highest BCUT2D eigenvalue weighted by Crippen LogP contribution is 2.39. The number of hydrogen-bond donors (Lipinski definition) is 1. The molecule has 0 amide bonds. The summed E-state index contributed by atoms with van der Waals surface area (Å²) in [4.78, 5) is 0. The van der Waals surface area contributed by atoms with Gasteiger partial charge in [0.05, 0.1) is 0 Å². The van der Waals surface area contributed by atoms with Crippen LogP contribution in [0.4, 0.5) is 0 Å². The van der Waals surface area contributed by atoms with E-state index in [2.05, 4.69) is 86.6 Å². The van der Waals surface area contributed by atoms with E-state index >= 15 is 0 Å². The minimum Gasteiger partial charge on any atom is -0.316 e. The third-order valence-electron chi connectivity index (χ3n) is 4.36. The van der Waals surface area contributed by atoms with Crippen molar-refractivity contribution in [2.24, 2.45) is 0 Å². The molecule has 2 aromatic rings. The first-order valence-electron chi connectivity index (χ1n) is 7.37. The van der Waals surface area contributed by atoms with Gasteiger partial charge in [0.1, 0.15) is 0 Å². The van der Waals surface area contributed by atoms with Crippen molar-refractivity contribution in [3.63, 3.8) is 0 Å². The molecule has 3 rings (SSSR count). The number of nitrogens with one attached hydrogen (secondary N) is 1. The summed E-state index contributed by atoms with van der Waals surface area (Å²) >= 11 is 7.20. The SMILES string of the molecule is Cc1ccc(C2CNCCC2c2ccc(Br)c(Br)c2)cc1. The standard InChI is InChI=1S/C18H19Br2N/c1-12-2-4-13(5-3-12)16-11-21-9-8-15(16)14-6-7-17(19)18(20)10-14/h2-7,10,15-16,21H,8-9,11H2,1H3. The van der Waals surface area contributed by atoms with Gasteiger partial charge in [-0.05, 0) is 80.9 Å². The Hall–Kier alpha value is -0.640. The van der Waals surface area contributed by atoms with E-state index in [1.54, 1.807) is 0 Å². The third-order valence-corrected chi connectivity index (χ3v) is 6.24. The highest BCUT2D eigenvalue weighted by molar-refractivity contribution is 9.13. The first-order valence-corrected chi connectivity index (χ1v) is 8.96. The second kappa shape index (κ2) is 6.64. The minimum atomic E-state index is 0.549. The van der Waals surface area contributed by atoms with Crippen molar-refractivity contribution < 1.29 is 0 Å². The molecule has 0 bridgehead atoms. The molecule has 1 N–H and O–H groups in total. The number of aryl methyl sites for hydroxylation is 1. The summed E-state index contributed by atoms with van der Waals surface area (Å²) < 4.78 is 2.26. The van der Waals surface area contributed by atoms with Gasteiger partial charge in [-0.1, -0.05) is 35.9 Å². The molecule has 1 heterocycles. The van der Waals surface area contributed by atoms with E-state index in [1.807, 2.05) is 0 Å². The molecule has 0 aromatic heterocycles. The monoisotopic (exact) mass is 407 g/mol. The zero-order valence-corrected chi connectivity index (χ0v) is 15.2. The summed E-state index contributed by atoms with van der Waals surface area (Å²) in [6.45, 7) is 4.30. The number of benzene rings is 2. The summed E-state index contributed by atoms with van der Waals surface area (Å²) in [6, 6.07) is 15.7. The molecule has 3 heteroatoms. The zero-order valence-electron chi connectivity index (χ0n) is 12.1. The van der Waals surface area contributed by atoms with Crippen LogP contribution in [0.3, 0.4) is 0 Å². The fraction of sp³-hybridized carbons (Fsp3) is 0.333. The van der Waals surface area contributed by atoms with Gasteiger partial charge in [-0.2, -0.15) is 0 Å². The normalized spacial score (nSPS) is 22.2. The lowest BCUT2D eigenvalue weighted by Crippen LogP contribution is -2.34. The molecular weight excluding hydrogens is 390 g/mol. The lowest BCUT2D eigenvalue weighted by Gasteiger charge is -2.33. The van der Waals surface area contributed by atoms with Gasteiger partial charge in [0.25, 0.3) is 0 Å². The Balaban J connectivity index is 1.94. The van der Waals surface area contributed by atoms with E-state index in [9.17, 15) is 0 Å². The Bertz CT molecular complexity index is 622. The van der Waals surface area contributed by atoms with Crippen LogP contribution in [0.2, 0.25) is 0 Å². The van der Waals surface area contributed by atoms with Gasteiger partial charge in [-0.3, -0.25) is 0 Å². The Labute approximate surface area is 143 Å². The zero-order chi connectivity index (χ0) is 14.8. The molecule has 0 aliphatic carbocycles. The predicted octanol–water partition coefficient (Wildman–Crippen LogP) is 5.38. The van der Waals surface area contributed by atoms with E-state index < -0.39 is 0 Å². The molecule has 2 atom stereocenters. The van der Waals surface area contributed by atoms with Crippen LogP contribution in [0.1, 0.15) is 34.9 Å². The molecule has 1 fully saturated rings. The van der Waals surface area contributed by atoms with Gasteiger partial charge in [0.2, 0.25) is 0 Å². The lowest BCUT2D eigenvalue weighted by atomic mass is 9.77. The molecule has 1 aliphatic heterocycles. The summed E-state index contributed by atoms with van der Waals surface area (Å²) in [6.07, 6.45) is 1.19. The van der Waals surface area contributed by atoms with Crippen molar-refractivity contribution in [3.05, 3.63) is 68.1 Å². The second-order valence-corrected chi connectivity index (χ2v) is 7.50. The van der Waals surface area contributed by atoms with Crippen molar-refractivity contribution in [1.82, 2.24) is 5.32 Å². The second-order valence-electron chi connectivity index (χ2n) is 5.79. The Kier molecular flexibility index (Phi) is 4.82. The van der Waals surface area contributed by atoms with Gasteiger partial charge < -0.3 is 5.32 Å². The van der Waals surface area contributed by atoms with Crippen molar-refractivity contribution >= 4 is 31.9 Å².